The van der Waals surface area contributed by atoms with Gasteiger partial charge in [0, 0.05) is 20.2 Å². The van der Waals surface area contributed by atoms with Crippen molar-refractivity contribution < 1.29 is 9.47 Å². The third-order valence-electron chi connectivity index (χ3n) is 2.45. The maximum Gasteiger partial charge on any atom is 0.295 e. The van der Waals surface area contributed by atoms with Crippen LogP contribution >= 0.6 is 0 Å². The molecular formula is C12H21N3O3. The van der Waals surface area contributed by atoms with Crippen molar-refractivity contribution in [3.63, 3.8) is 0 Å². The van der Waals surface area contributed by atoms with E-state index in [0.717, 1.165) is 6.54 Å². The number of nitrogens with one attached hydrogen (secondary N) is 1. The highest BCUT2D eigenvalue weighted by Gasteiger charge is 2.17. The highest BCUT2D eigenvalue weighted by atomic mass is 16.5. The van der Waals surface area contributed by atoms with Crippen molar-refractivity contribution in [1.29, 1.82) is 0 Å². The predicted octanol–water partition coefficient (Wildman–Crippen LogP) is 0.887. The number of anilines is 1. The first-order valence-corrected chi connectivity index (χ1v) is 5.95. The number of ether oxygens (including phenoxy) is 2. The van der Waals surface area contributed by atoms with Crippen molar-refractivity contribution in [3.05, 3.63) is 16.7 Å². The first kappa shape index (κ1) is 14.5. The van der Waals surface area contributed by atoms with Gasteiger partial charge in [-0.1, -0.05) is 13.8 Å². The summed E-state index contributed by atoms with van der Waals surface area (Å²) in [5, 5.41) is 0. The van der Waals surface area contributed by atoms with Gasteiger partial charge >= 0.3 is 0 Å². The molecule has 1 aromatic rings. The second kappa shape index (κ2) is 7.00. The molecule has 0 fully saturated rings. The van der Waals surface area contributed by atoms with E-state index in [1.54, 1.807) is 7.11 Å². The summed E-state index contributed by atoms with van der Waals surface area (Å²) >= 11 is 0. The first-order valence-electron chi connectivity index (χ1n) is 5.95. The molecule has 0 radical (unpaired) electrons. The maximum atomic E-state index is 11.7. The van der Waals surface area contributed by atoms with Gasteiger partial charge in [0.05, 0.1) is 20.0 Å². The Morgan fingerprint density at radius 2 is 2.17 bits per heavy atom. The molecule has 0 saturated heterocycles. The SMILES string of the molecule is COCCN(CC(C)C)c1nc[nH]c(=O)c1OC. The van der Waals surface area contributed by atoms with E-state index in [2.05, 4.69) is 23.8 Å². The largest absolute Gasteiger partial charge is 0.489 e. The van der Waals surface area contributed by atoms with Gasteiger partial charge in [0.25, 0.3) is 5.56 Å². The molecule has 1 heterocycles. The van der Waals surface area contributed by atoms with E-state index in [4.69, 9.17) is 9.47 Å². The number of hydrogen-bond acceptors (Lipinski definition) is 5. The lowest BCUT2D eigenvalue weighted by molar-refractivity contribution is 0.204. The van der Waals surface area contributed by atoms with Crippen molar-refractivity contribution in [2.75, 3.05) is 38.8 Å². The van der Waals surface area contributed by atoms with E-state index < -0.39 is 0 Å². The van der Waals surface area contributed by atoms with Gasteiger partial charge in [-0.25, -0.2) is 4.98 Å². The Balaban J connectivity index is 3.03. The van der Waals surface area contributed by atoms with Crippen LogP contribution < -0.4 is 15.2 Å². The van der Waals surface area contributed by atoms with Crippen LogP contribution in [-0.2, 0) is 4.74 Å². The molecule has 0 amide bonds. The van der Waals surface area contributed by atoms with E-state index in [1.165, 1.54) is 13.4 Å². The number of H-pyrrole nitrogens is 1. The number of hydrogen-bond donors (Lipinski definition) is 1. The van der Waals surface area contributed by atoms with Gasteiger partial charge in [0.15, 0.2) is 5.82 Å². The van der Waals surface area contributed by atoms with Crippen LogP contribution in [0.15, 0.2) is 11.1 Å². The fourth-order valence-corrected chi connectivity index (χ4v) is 1.71. The summed E-state index contributed by atoms with van der Waals surface area (Å²) in [5.74, 6) is 1.26. The summed E-state index contributed by atoms with van der Waals surface area (Å²) in [6.45, 7) is 6.25. The van der Waals surface area contributed by atoms with Crippen molar-refractivity contribution in [3.8, 4) is 5.75 Å². The first-order chi connectivity index (χ1) is 8.60. The molecule has 0 aliphatic heterocycles. The van der Waals surface area contributed by atoms with Gasteiger partial charge in [0.2, 0.25) is 5.75 Å². The Kier molecular flexibility index (Phi) is 5.64. The minimum Gasteiger partial charge on any atom is -0.489 e. The standard InChI is InChI=1S/C12H21N3O3/c1-9(2)7-15(5-6-17-3)11-10(18-4)12(16)14-8-13-11/h8-9H,5-7H2,1-4H3,(H,13,14,16). The molecule has 0 spiro atoms. The smallest absolute Gasteiger partial charge is 0.295 e. The van der Waals surface area contributed by atoms with Gasteiger partial charge in [-0.05, 0) is 5.92 Å². The zero-order valence-corrected chi connectivity index (χ0v) is 11.4. The molecule has 0 saturated carbocycles. The van der Waals surface area contributed by atoms with Crippen molar-refractivity contribution in [1.82, 2.24) is 9.97 Å². The van der Waals surface area contributed by atoms with Crippen LogP contribution in [-0.4, -0.2) is 43.9 Å². The zero-order valence-electron chi connectivity index (χ0n) is 11.4. The lowest BCUT2D eigenvalue weighted by Gasteiger charge is -2.26. The number of nitrogens with zero attached hydrogens (tertiary/aromatic N) is 2. The van der Waals surface area contributed by atoms with Gasteiger partial charge in [-0.3, -0.25) is 4.79 Å². The van der Waals surface area contributed by atoms with Crippen LogP contribution in [0.25, 0.3) is 0 Å². The van der Waals surface area contributed by atoms with Crippen LogP contribution in [0, 0.1) is 5.92 Å². The van der Waals surface area contributed by atoms with E-state index in [1.807, 2.05) is 4.90 Å². The molecule has 0 aliphatic carbocycles. The number of rotatable bonds is 7. The lowest BCUT2D eigenvalue weighted by Crippen LogP contribution is -2.33. The molecule has 0 aliphatic rings. The van der Waals surface area contributed by atoms with Crippen molar-refractivity contribution in [2.45, 2.75) is 13.8 Å². The van der Waals surface area contributed by atoms with Crippen LogP contribution in [0.4, 0.5) is 5.82 Å². The fraction of sp³-hybridized carbons (Fsp3) is 0.667. The Hall–Kier alpha value is -1.56. The van der Waals surface area contributed by atoms with Gasteiger partial charge < -0.3 is 19.4 Å². The molecule has 0 unspecified atom stereocenters. The minimum atomic E-state index is -0.270. The molecule has 0 bridgehead atoms. The van der Waals surface area contributed by atoms with Gasteiger partial charge in [0.1, 0.15) is 0 Å². The highest BCUT2D eigenvalue weighted by Crippen LogP contribution is 2.21. The van der Waals surface area contributed by atoms with E-state index >= 15 is 0 Å². The molecule has 1 rings (SSSR count). The molecule has 0 atom stereocenters. The molecular weight excluding hydrogens is 234 g/mol. The van der Waals surface area contributed by atoms with Crippen LogP contribution in [0.2, 0.25) is 0 Å². The van der Waals surface area contributed by atoms with E-state index in [0.29, 0.717) is 24.9 Å². The topological polar surface area (TPSA) is 67.5 Å². The Labute approximate surface area is 107 Å². The van der Waals surface area contributed by atoms with Crippen LogP contribution in [0.3, 0.4) is 0 Å². The molecule has 6 nitrogen and oxygen atoms in total. The molecule has 18 heavy (non-hydrogen) atoms. The molecule has 0 aromatic carbocycles. The summed E-state index contributed by atoms with van der Waals surface area (Å²) in [6, 6.07) is 0. The second-order valence-electron chi connectivity index (χ2n) is 4.42. The Morgan fingerprint density at radius 1 is 1.44 bits per heavy atom. The summed E-state index contributed by atoms with van der Waals surface area (Å²) in [7, 11) is 3.12. The third-order valence-corrected chi connectivity index (χ3v) is 2.45. The zero-order chi connectivity index (χ0) is 13.5. The monoisotopic (exact) mass is 255 g/mol. The Morgan fingerprint density at radius 3 is 2.72 bits per heavy atom. The summed E-state index contributed by atoms with van der Waals surface area (Å²) < 4.78 is 10.2. The summed E-state index contributed by atoms with van der Waals surface area (Å²) in [6.07, 6.45) is 1.39. The average Bonchev–Trinajstić information content (AvgIpc) is 2.33. The maximum absolute atomic E-state index is 11.7. The highest BCUT2D eigenvalue weighted by molar-refractivity contribution is 5.50. The number of aromatic amines is 1. The fourth-order valence-electron chi connectivity index (χ4n) is 1.71. The Bertz CT molecular complexity index is 417. The van der Waals surface area contributed by atoms with Gasteiger partial charge in [-0.15, -0.1) is 0 Å². The molecule has 1 N–H and O–H groups in total. The summed E-state index contributed by atoms with van der Waals surface area (Å²) in [4.78, 5) is 20.4. The molecule has 1 aromatic heterocycles. The average molecular weight is 255 g/mol. The second-order valence-corrected chi connectivity index (χ2v) is 4.42. The number of methoxy groups -OCH3 is 2. The molecule has 6 heteroatoms. The number of aromatic nitrogens is 2. The predicted molar refractivity (Wildman–Crippen MR) is 70.3 cm³/mol. The third kappa shape index (κ3) is 3.73. The van der Waals surface area contributed by atoms with Crippen molar-refractivity contribution in [2.24, 2.45) is 5.92 Å². The quantitative estimate of drug-likeness (QED) is 0.783. The molecule has 102 valence electrons. The lowest BCUT2D eigenvalue weighted by atomic mass is 10.2. The normalized spacial score (nSPS) is 10.7. The van der Waals surface area contributed by atoms with Crippen LogP contribution in [0.1, 0.15) is 13.8 Å². The summed E-state index contributed by atoms with van der Waals surface area (Å²) in [5.41, 5.74) is -0.270. The minimum absolute atomic E-state index is 0.245. The van der Waals surface area contributed by atoms with Crippen LogP contribution in [0.5, 0.6) is 5.75 Å². The van der Waals surface area contributed by atoms with Gasteiger partial charge in [-0.2, -0.15) is 0 Å². The van der Waals surface area contributed by atoms with Crippen molar-refractivity contribution >= 4 is 5.82 Å². The van der Waals surface area contributed by atoms with E-state index in [9.17, 15) is 4.79 Å². The van der Waals surface area contributed by atoms with E-state index in [-0.39, 0.29) is 11.3 Å².